The third-order valence-corrected chi connectivity index (χ3v) is 15.6. The van der Waals surface area contributed by atoms with E-state index in [4.69, 9.17) is 14.2 Å². The Labute approximate surface area is 275 Å². The van der Waals surface area contributed by atoms with E-state index in [1.165, 1.54) is 13.2 Å². The highest BCUT2D eigenvalue weighted by molar-refractivity contribution is 5.87. The Morgan fingerprint density at radius 2 is 1.76 bits per heavy atom. The van der Waals surface area contributed by atoms with E-state index in [1.54, 1.807) is 24.3 Å². The fraction of sp³-hybridized carbons (Fsp3) is 0.700. The molecule has 0 radical (unpaired) electrons. The number of hydrogen-bond acceptors (Lipinski definition) is 6. The maximum absolute atomic E-state index is 13.9. The predicted octanol–water partition coefficient (Wildman–Crippen LogP) is 8.52. The van der Waals surface area contributed by atoms with Crippen LogP contribution in [0.25, 0.3) is 6.08 Å². The minimum atomic E-state index is -0.527. The standard InChI is InChI=1S/C40H54O6/c1-24-13-19-39-22-21-38(7)37(6)18-14-29-35(3,4)31(45-32(42)12-10-26-9-11-27(41)28(23-26)44-8)16-17-36(29,5)30(37)15-20-40(38,46-34(39)43)33(39)25(24)2/h9-12,15,20,23-25,29-31,33,41H,13-14,16-19,21-22H2,1-8H3/b12-10+/t24-,25-,29-,30+,31-,33-,36-,37+,38-,39-,40-/m0/s1. The predicted molar refractivity (Wildman–Crippen MR) is 178 cm³/mol. The van der Waals surface area contributed by atoms with Crippen molar-refractivity contribution in [3.8, 4) is 11.5 Å². The maximum atomic E-state index is 13.9. The van der Waals surface area contributed by atoms with Gasteiger partial charge < -0.3 is 19.3 Å². The zero-order valence-corrected chi connectivity index (χ0v) is 29.2. The van der Waals surface area contributed by atoms with Gasteiger partial charge in [-0.2, -0.15) is 0 Å². The van der Waals surface area contributed by atoms with Crippen molar-refractivity contribution in [1.82, 2.24) is 0 Å². The lowest BCUT2D eigenvalue weighted by molar-refractivity contribution is -0.247. The molecule has 5 aliphatic carbocycles. The summed E-state index contributed by atoms with van der Waals surface area (Å²) >= 11 is 0. The summed E-state index contributed by atoms with van der Waals surface area (Å²) in [5.41, 5.74) is -0.367. The van der Waals surface area contributed by atoms with Crippen LogP contribution in [0.5, 0.6) is 11.5 Å². The Morgan fingerprint density at radius 3 is 2.50 bits per heavy atom. The first-order chi connectivity index (χ1) is 21.6. The van der Waals surface area contributed by atoms with Gasteiger partial charge in [0.05, 0.1) is 12.5 Å². The first kappa shape index (κ1) is 31.8. The van der Waals surface area contributed by atoms with Crippen LogP contribution in [-0.4, -0.2) is 35.9 Å². The zero-order chi connectivity index (χ0) is 33.1. The topological polar surface area (TPSA) is 82.1 Å². The van der Waals surface area contributed by atoms with Crippen LogP contribution in [0, 0.1) is 56.7 Å². The van der Waals surface area contributed by atoms with E-state index in [2.05, 4.69) is 60.6 Å². The van der Waals surface area contributed by atoms with Crippen LogP contribution in [0.1, 0.15) is 105 Å². The molecule has 1 heterocycles. The highest BCUT2D eigenvalue weighted by Gasteiger charge is 2.80. The van der Waals surface area contributed by atoms with E-state index in [-0.39, 0.29) is 56.8 Å². The summed E-state index contributed by atoms with van der Waals surface area (Å²) < 4.78 is 18.2. The van der Waals surface area contributed by atoms with Crippen LogP contribution in [0.2, 0.25) is 0 Å². The van der Waals surface area contributed by atoms with Crippen LogP contribution >= 0.6 is 0 Å². The van der Waals surface area contributed by atoms with Crippen molar-refractivity contribution < 1.29 is 28.9 Å². The van der Waals surface area contributed by atoms with Gasteiger partial charge in [-0.3, -0.25) is 4.79 Å². The van der Waals surface area contributed by atoms with E-state index in [0.717, 1.165) is 56.9 Å². The molecule has 6 nitrogen and oxygen atoms in total. The first-order valence-corrected chi connectivity index (χ1v) is 17.8. The lowest BCUT2D eigenvalue weighted by Gasteiger charge is -2.72. The SMILES string of the molecule is COc1cc(/C=C/C(=O)O[C@H]2CC[C@]3(C)[C@H]4C=C[C@]56OC(=O)[C@@]7(CC[C@H](C)[C@H](C)[C@@H]75)CC[C@@]6(C)[C@]4(C)CC[C@H]3C2(C)C)ccc1O. The molecule has 6 aliphatic rings. The second-order valence-corrected chi connectivity index (χ2v) is 17.4. The summed E-state index contributed by atoms with van der Waals surface area (Å²) in [5.74, 6) is 2.20. The fourth-order valence-electron chi connectivity index (χ4n) is 12.8. The quantitative estimate of drug-likeness (QED) is 0.204. The number of hydrogen-bond donors (Lipinski definition) is 1. The monoisotopic (exact) mass is 630 g/mol. The van der Waals surface area contributed by atoms with Crippen molar-refractivity contribution in [3.05, 3.63) is 42.0 Å². The van der Waals surface area contributed by atoms with Gasteiger partial charge in [-0.25, -0.2) is 4.79 Å². The normalized spacial score (nSPS) is 46.8. The molecular weight excluding hydrogens is 576 g/mol. The number of esters is 2. The fourth-order valence-corrected chi connectivity index (χ4v) is 12.8. The molecule has 250 valence electrons. The molecule has 2 bridgehead atoms. The summed E-state index contributed by atoms with van der Waals surface area (Å²) in [6, 6.07) is 5.00. The number of benzene rings is 1. The number of allylic oxidation sites excluding steroid dienone is 1. The second kappa shape index (κ2) is 10.1. The van der Waals surface area contributed by atoms with Gasteiger partial charge in [-0.1, -0.05) is 60.6 Å². The lowest BCUT2D eigenvalue weighted by Crippen LogP contribution is -2.71. The molecule has 0 aromatic heterocycles. The van der Waals surface area contributed by atoms with E-state index in [1.807, 2.05) is 0 Å². The van der Waals surface area contributed by atoms with Gasteiger partial charge in [0, 0.05) is 22.8 Å². The third kappa shape index (κ3) is 3.88. The average Bonchev–Trinajstić information content (AvgIpc) is 3.21. The van der Waals surface area contributed by atoms with Crippen LogP contribution in [0.4, 0.5) is 0 Å². The summed E-state index contributed by atoms with van der Waals surface area (Å²) in [5, 5.41) is 9.90. The molecule has 5 fully saturated rings. The molecule has 7 rings (SSSR count). The minimum Gasteiger partial charge on any atom is -0.504 e. The Kier molecular flexibility index (Phi) is 7.00. The molecule has 1 aromatic rings. The van der Waals surface area contributed by atoms with Crippen molar-refractivity contribution in [2.75, 3.05) is 7.11 Å². The molecule has 0 amide bonds. The van der Waals surface area contributed by atoms with Crippen molar-refractivity contribution in [2.24, 2.45) is 56.7 Å². The largest absolute Gasteiger partial charge is 0.504 e. The highest BCUT2D eigenvalue weighted by atomic mass is 16.6. The number of phenols is 1. The summed E-state index contributed by atoms with van der Waals surface area (Å²) in [6.07, 6.45) is 16.0. The molecule has 1 spiro atoms. The van der Waals surface area contributed by atoms with E-state index in [9.17, 15) is 14.7 Å². The average molecular weight is 631 g/mol. The van der Waals surface area contributed by atoms with Crippen LogP contribution in [0.3, 0.4) is 0 Å². The van der Waals surface area contributed by atoms with Crippen LogP contribution in [0.15, 0.2) is 36.4 Å². The molecule has 1 saturated heterocycles. The summed E-state index contributed by atoms with van der Waals surface area (Å²) in [7, 11) is 1.51. The van der Waals surface area contributed by atoms with E-state index < -0.39 is 5.60 Å². The zero-order valence-electron chi connectivity index (χ0n) is 29.2. The molecule has 1 aromatic carbocycles. The van der Waals surface area contributed by atoms with Gasteiger partial charge in [0.1, 0.15) is 11.7 Å². The lowest BCUT2D eigenvalue weighted by atomic mass is 9.32. The van der Waals surface area contributed by atoms with Crippen molar-refractivity contribution in [1.29, 1.82) is 0 Å². The van der Waals surface area contributed by atoms with Crippen LogP contribution in [-0.2, 0) is 19.1 Å². The number of phenolic OH excluding ortho intramolecular Hbond substituents is 1. The molecular formula is C40H54O6. The molecule has 4 saturated carbocycles. The first-order valence-electron chi connectivity index (χ1n) is 17.8. The summed E-state index contributed by atoms with van der Waals surface area (Å²) in [4.78, 5) is 27.0. The van der Waals surface area contributed by atoms with Crippen molar-refractivity contribution >= 4 is 18.0 Å². The van der Waals surface area contributed by atoms with E-state index in [0.29, 0.717) is 29.4 Å². The summed E-state index contributed by atoms with van der Waals surface area (Å²) in [6.45, 7) is 16.9. The Hall–Kier alpha value is -2.76. The van der Waals surface area contributed by atoms with E-state index >= 15 is 0 Å². The number of rotatable bonds is 4. The van der Waals surface area contributed by atoms with Gasteiger partial charge in [0.2, 0.25) is 0 Å². The number of aromatic hydroxyl groups is 1. The molecule has 6 heteroatoms. The van der Waals surface area contributed by atoms with Crippen molar-refractivity contribution in [3.63, 3.8) is 0 Å². The number of carbonyl (C=O) groups is 2. The molecule has 1 aliphatic heterocycles. The number of carbonyl (C=O) groups excluding carboxylic acids is 2. The van der Waals surface area contributed by atoms with Gasteiger partial charge in [0.25, 0.3) is 0 Å². The molecule has 1 N–H and O–H groups in total. The Bertz CT molecular complexity index is 1510. The molecule has 0 unspecified atom stereocenters. The Morgan fingerprint density at radius 1 is 1.00 bits per heavy atom. The van der Waals surface area contributed by atoms with Crippen LogP contribution < -0.4 is 4.74 Å². The number of fused-ring (bicyclic) bond motifs is 4. The van der Waals surface area contributed by atoms with Gasteiger partial charge in [0.15, 0.2) is 11.5 Å². The number of methoxy groups -OCH3 is 1. The van der Waals surface area contributed by atoms with Gasteiger partial charge in [-0.15, -0.1) is 0 Å². The van der Waals surface area contributed by atoms with Gasteiger partial charge in [-0.05, 0) is 116 Å². The smallest absolute Gasteiger partial charge is 0.331 e. The van der Waals surface area contributed by atoms with Crippen molar-refractivity contribution in [2.45, 2.75) is 112 Å². The highest BCUT2D eigenvalue weighted by Crippen LogP contribution is 2.79. The minimum absolute atomic E-state index is 0.00229. The molecule has 11 atom stereocenters. The third-order valence-electron chi connectivity index (χ3n) is 15.6. The second-order valence-electron chi connectivity index (χ2n) is 17.4. The number of ether oxygens (including phenoxy) is 3. The maximum Gasteiger partial charge on any atom is 0.331 e. The Balaban J connectivity index is 1.16. The van der Waals surface area contributed by atoms with Gasteiger partial charge >= 0.3 is 11.9 Å². The molecule has 46 heavy (non-hydrogen) atoms.